The number of cyclic esters (lactones) is 1. The van der Waals surface area contributed by atoms with Crippen molar-refractivity contribution in [3.63, 3.8) is 0 Å². The summed E-state index contributed by atoms with van der Waals surface area (Å²) in [6.07, 6.45) is 0.660. The molecule has 0 aliphatic carbocycles. The number of nitriles is 1. The van der Waals surface area contributed by atoms with Crippen LogP contribution in [-0.4, -0.2) is 60.5 Å². The van der Waals surface area contributed by atoms with Crippen molar-refractivity contribution in [3.05, 3.63) is 35.7 Å². The molecule has 0 bridgehead atoms. The number of allylic oxidation sites excluding steroid dienone is 1. The highest BCUT2D eigenvalue weighted by Gasteiger charge is 2.35. The Kier molecular flexibility index (Phi) is 6.45. The Labute approximate surface area is 174 Å². The van der Waals surface area contributed by atoms with Crippen LogP contribution >= 0.6 is 0 Å². The third-order valence-electron chi connectivity index (χ3n) is 5.40. The first-order valence-corrected chi connectivity index (χ1v) is 9.90. The van der Waals surface area contributed by atoms with E-state index in [0.29, 0.717) is 37.3 Å². The molecule has 0 spiro atoms. The van der Waals surface area contributed by atoms with Crippen molar-refractivity contribution in [1.82, 2.24) is 4.90 Å². The highest BCUT2D eigenvalue weighted by atomic mass is 19.1. The van der Waals surface area contributed by atoms with Gasteiger partial charge in [-0.2, -0.15) is 5.26 Å². The van der Waals surface area contributed by atoms with Crippen LogP contribution in [0.3, 0.4) is 0 Å². The fourth-order valence-electron chi connectivity index (χ4n) is 3.75. The minimum Gasteiger partial charge on any atom is -0.465 e. The maximum atomic E-state index is 14.8. The minimum atomic E-state index is -1.08. The highest BCUT2D eigenvalue weighted by Crippen LogP contribution is 2.30. The van der Waals surface area contributed by atoms with Gasteiger partial charge in [-0.3, -0.25) is 4.90 Å². The van der Waals surface area contributed by atoms with Gasteiger partial charge in [0, 0.05) is 25.2 Å². The van der Waals surface area contributed by atoms with Crippen LogP contribution in [0.1, 0.15) is 26.7 Å². The maximum absolute atomic E-state index is 14.8. The third-order valence-corrected chi connectivity index (χ3v) is 5.40. The number of benzene rings is 1. The molecule has 2 amide bonds. The van der Waals surface area contributed by atoms with Crippen LogP contribution in [0.2, 0.25) is 0 Å². The molecule has 1 atom stereocenters. The zero-order valence-electron chi connectivity index (χ0n) is 17.0. The maximum Gasteiger partial charge on any atom is 0.414 e. The number of halogens is 1. The number of carbonyl (C=O) groups excluding carboxylic acids is 1. The van der Waals surface area contributed by atoms with Crippen molar-refractivity contribution in [2.45, 2.75) is 38.8 Å². The Morgan fingerprint density at radius 1 is 1.43 bits per heavy atom. The topological polar surface area (TPSA) is 97.1 Å². The average Bonchev–Trinajstić information content (AvgIpc) is 3.07. The van der Waals surface area contributed by atoms with Crippen LogP contribution < -0.4 is 9.80 Å². The molecule has 0 radical (unpaired) electrons. The lowest BCUT2D eigenvalue weighted by Gasteiger charge is -2.30. The lowest BCUT2D eigenvalue weighted by Crippen LogP contribution is -2.42. The molecule has 2 aliphatic heterocycles. The number of carbonyl (C=O) groups is 2. The molecular formula is C21H25FN4O4. The van der Waals surface area contributed by atoms with Gasteiger partial charge in [0.2, 0.25) is 0 Å². The van der Waals surface area contributed by atoms with Gasteiger partial charge in [-0.25, -0.2) is 14.0 Å². The quantitative estimate of drug-likeness (QED) is 0.737. The van der Waals surface area contributed by atoms with Crippen LogP contribution in [0.4, 0.5) is 25.4 Å². The number of amides is 2. The van der Waals surface area contributed by atoms with Crippen LogP contribution in [-0.2, 0) is 4.74 Å². The molecule has 2 fully saturated rings. The molecule has 0 aromatic heterocycles. The lowest BCUT2D eigenvalue weighted by atomic mass is 10.0. The first-order valence-electron chi connectivity index (χ1n) is 9.90. The summed E-state index contributed by atoms with van der Waals surface area (Å²) in [5.74, 6) is -0.439. The van der Waals surface area contributed by atoms with E-state index in [2.05, 4.69) is 0 Å². The van der Waals surface area contributed by atoms with Crippen molar-refractivity contribution < 1.29 is 23.8 Å². The summed E-state index contributed by atoms with van der Waals surface area (Å²) in [6.45, 7) is 4.95. The summed E-state index contributed by atoms with van der Waals surface area (Å²) in [4.78, 5) is 28.1. The Morgan fingerprint density at radius 2 is 2.13 bits per heavy atom. The van der Waals surface area contributed by atoms with Gasteiger partial charge < -0.3 is 19.6 Å². The molecule has 0 saturated carbocycles. The zero-order valence-corrected chi connectivity index (χ0v) is 17.0. The van der Waals surface area contributed by atoms with Crippen LogP contribution in [0.5, 0.6) is 0 Å². The van der Waals surface area contributed by atoms with E-state index in [1.165, 1.54) is 15.9 Å². The monoisotopic (exact) mass is 416 g/mol. The van der Waals surface area contributed by atoms with Crippen LogP contribution in [0.15, 0.2) is 29.8 Å². The SMILES string of the molecule is CC(C)N(CC1CN(c2ccc(N3CCC(=CC#N)CC3)c(F)c2)C(=O)O1)C(=O)O. The molecule has 160 valence electrons. The molecule has 9 heteroatoms. The molecule has 30 heavy (non-hydrogen) atoms. The van der Waals surface area contributed by atoms with Gasteiger partial charge in [0.25, 0.3) is 0 Å². The van der Waals surface area contributed by atoms with E-state index >= 15 is 0 Å². The van der Waals surface area contributed by atoms with Gasteiger partial charge in [-0.1, -0.05) is 5.57 Å². The van der Waals surface area contributed by atoms with Crippen LogP contribution in [0.25, 0.3) is 0 Å². The van der Waals surface area contributed by atoms with Crippen molar-refractivity contribution in [2.24, 2.45) is 0 Å². The predicted molar refractivity (Wildman–Crippen MR) is 109 cm³/mol. The third kappa shape index (κ3) is 4.64. The number of ether oxygens (including phenoxy) is 1. The second-order valence-electron chi connectivity index (χ2n) is 7.70. The largest absolute Gasteiger partial charge is 0.465 e. The number of hydrogen-bond acceptors (Lipinski definition) is 5. The molecule has 1 aromatic rings. The molecule has 2 heterocycles. The summed E-state index contributed by atoms with van der Waals surface area (Å²) >= 11 is 0. The summed E-state index contributed by atoms with van der Waals surface area (Å²) in [6, 6.07) is 6.39. The highest BCUT2D eigenvalue weighted by molar-refractivity contribution is 5.90. The zero-order chi connectivity index (χ0) is 21.8. The summed E-state index contributed by atoms with van der Waals surface area (Å²) in [5, 5.41) is 18.0. The molecular weight excluding hydrogens is 391 g/mol. The normalized spacial score (nSPS) is 19.0. The van der Waals surface area contributed by atoms with E-state index < -0.39 is 24.1 Å². The molecule has 2 aliphatic rings. The lowest BCUT2D eigenvalue weighted by molar-refractivity contribution is 0.0857. The number of carboxylic acid groups (broad SMARTS) is 1. The van der Waals surface area contributed by atoms with E-state index in [4.69, 9.17) is 10.00 Å². The summed E-state index contributed by atoms with van der Waals surface area (Å²) in [7, 11) is 0. The number of anilines is 2. The summed E-state index contributed by atoms with van der Waals surface area (Å²) < 4.78 is 20.1. The Morgan fingerprint density at radius 3 is 2.70 bits per heavy atom. The van der Waals surface area contributed by atoms with Crippen LogP contribution in [0, 0.1) is 17.1 Å². The van der Waals surface area contributed by atoms with Gasteiger partial charge >= 0.3 is 12.2 Å². The second kappa shape index (κ2) is 9.03. The average molecular weight is 416 g/mol. The van der Waals surface area contributed by atoms with E-state index in [9.17, 15) is 19.1 Å². The summed E-state index contributed by atoms with van der Waals surface area (Å²) in [5.41, 5.74) is 1.89. The van der Waals surface area contributed by atoms with Gasteiger partial charge in [-0.15, -0.1) is 0 Å². The molecule has 1 unspecified atom stereocenters. The smallest absolute Gasteiger partial charge is 0.414 e. The van der Waals surface area contributed by atoms with E-state index in [-0.39, 0.29) is 19.1 Å². The van der Waals surface area contributed by atoms with E-state index in [0.717, 1.165) is 5.57 Å². The number of nitrogens with zero attached hydrogens (tertiary/aromatic N) is 4. The predicted octanol–water partition coefficient (Wildman–Crippen LogP) is 3.59. The fourth-order valence-corrected chi connectivity index (χ4v) is 3.75. The van der Waals surface area contributed by atoms with Gasteiger partial charge in [-0.05, 0) is 44.9 Å². The van der Waals surface area contributed by atoms with Crippen molar-refractivity contribution in [3.8, 4) is 6.07 Å². The number of rotatable bonds is 5. The van der Waals surface area contributed by atoms with Gasteiger partial charge in [0.1, 0.15) is 11.9 Å². The van der Waals surface area contributed by atoms with E-state index in [1.807, 2.05) is 11.0 Å². The molecule has 3 rings (SSSR count). The minimum absolute atomic E-state index is 0.0577. The standard InChI is InChI=1S/C21H25FN4O4/c1-14(2)25(20(27)28)12-17-13-26(21(29)30-17)16-3-4-19(18(22)11-16)24-9-6-15(5-8-23)7-10-24/h3-5,11,14,17H,6-7,9-10,12-13H2,1-2H3,(H,27,28). The molecule has 8 nitrogen and oxygen atoms in total. The Balaban J connectivity index is 1.68. The number of piperidine rings is 1. The molecule has 2 saturated heterocycles. The van der Waals surface area contributed by atoms with Gasteiger partial charge in [0.05, 0.1) is 30.5 Å². The first kappa shape index (κ1) is 21.4. The van der Waals surface area contributed by atoms with Gasteiger partial charge in [0.15, 0.2) is 0 Å². The fraction of sp³-hybridized carbons (Fsp3) is 0.476. The Bertz CT molecular complexity index is 885. The number of hydrogen-bond donors (Lipinski definition) is 1. The molecule has 1 aromatic carbocycles. The van der Waals surface area contributed by atoms with E-state index in [1.54, 1.807) is 32.1 Å². The first-order chi connectivity index (χ1) is 14.3. The van der Waals surface area contributed by atoms with Crippen molar-refractivity contribution >= 4 is 23.6 Å². The van der Waals surface area contributed by atoms with Crippen molar-refractivity contribution in [2.75, 3.05) is 36.0 Å². The molecule has 1 N–H and O–H groups in total. The Hall–Kier alpha value is -3.28. The van der Waals surface area contributed by atoms with Crippen molar-refractivity contribution in [1.29, 1.82) is 5.26 Å². The second-order valence-corrected chi connectivity index (χ2v) is 7.70.